The van der Waals surface area contributed by atoms with Crippen LogP contribution >= 0.6 is 0 Å². The summed E-state index contributed by atoms with van der Waals surface area (Å²) < 4.78 is 0. The van der Waals surface area contributed by atoms with Crippen LogP contribution in [0.15, 0.2) is 18.2 Å². The molecule has 15 heavy (non-hydrogen) atoms. The lowest BCUT2D eigenvalue weighted by Crippen LogP contribution is -1.93. The van der Waals surface area contributed by atoms with Gasteiger partial charge in [-0.1, -0.05) is 38.3 Å². The Balaban J connectivity index is 2.60. The summed E-state index contributed by atoms with van der Waals surface area (Å²) in [6, 6.07) is 5.26. The van der Waals surface area contributed by atoms with Gasteiger partial charge in [0.25, 0.3) is 0 Å². The molecule has 82 valence electrons. The quantitative estimate of drug-likeness (QED) is 0.572. The second-order valence-corrected chi connectivity index (χ2v) is 3.78. The molecule has 0 unspecified atom stereocenters. The van der Waals surface area contributed by atoms with Crippen molar-refractivity contribution in [2.75, 3.05) is 0 Å². The standard InChI is InChI=1S/C13H18O2/c1-2-3-4-5-7-11-8-6-9-13(15)12(11)10-14/h6,8-10,15H,2-5,7H2,1H3. The summed E-state index contributed by atoms with van der Waals surface area (Å²) in [7, 11) is 0. The molecule has 0 aliphatic heterocycles. The van der Waals surface area contributed by atoms with E-state index in [2.05, 4.69) is 6.92 Å². The second kappa shape index (κ2) is 6.23. The molecule has 0 atom stereocenters. The van der Waals surface area contributed by atoms with E-state index in [-0.39, 0.29) is 5.75 Å². The topological polar surface area (TPSA) is 37.3 Å². The molecule has 0 saturated carbocycles. The lowest BCUT2D eigenvalue weighted by atomic mass is 10.0. The van der Waals surface area contributed by atoms with Crippen LogP contribution in [-0.2, 0) is 6.42 Å². The Labute approximate surface area is 90.9 Å². The number of aldehydes is 1. The molecule has 1 aromatic rings. The lowest BCUT2D eigenvalue weighted by molar-refractivity contribution is 0.112. The lowest BCUT2D eigenvalue weighted by Gasteiger charge is -2.05. The highest BCUT2D eigenvalue weighted by Gasteiger charge is 2.05. The zero-order chi connectivity index (χ0) is 11.1. The molecule has 1 N–H and O–H groups in total. The number of benzene rings is 1. The summed E-state index contributed by atoms with van der Waals surface area (Å²) in [6.07, 6.45) is 6.32. The highest BCUT2D eigenvalue weighted by Crippen LogP contribution is 2.20. The van der Waals surface area contributed by atoms with E-state index in [0.29, 0.717) is 5.56 Å². The largest absolute Gasteiger partial charge is 0.507 e. The van der Waals surface area contributed by atoms with Crippen LogP contribution < -0.4 is 0 Å². The van der Waals surface area contributed by atoms with Crippen molar-refractivity contribution in [3.05, 3.63) is 29.3 Å². The SMILES string of the molecule is CCCCCCc1cccc(O)c1C=O. The highest BCUT2D eigenvalue weighted by atomic mass is 16.3. The third-order valence-electron chi connectivity index (χ3n) is 2.59. The van der Waals surface area contributed by atoms with Crippen LogP contribution in [0.4, 0.5) is 0 Å². The minimum absolute atomic E-state index is 0.0954. The van der Waals surface area contributed by atoms with Crippen LogP contribution in [0.5, 0.6) is 5.75 Å². The number of phenolic OH excluding ortho intramolecular Hbond substituents is 1. The van der Waals surface area contributed by atoms with Gasteiger partial charge in [-0.15, -0.1) is 0 Å². The van der Waals surface area contributed by atoms with Crippen molar-refractivity contribution in [1.82, 2.24) is 0 Å². The fraction of sp³-hybridized carbons (Fsp3) is 0.462. The van der Waals surface area contributed by atoms with Gasteiger partial charge in [-0.05, 0) is 24.5 Å². The van der Waals surface area contributed by atoms with Gasteiger partial charge in [0.05, 0.1) is 5.56 Å². The molecular weight excluding hydrogens is 188 g/mol. The van der Waals surface area contributed by atoms with Crippen molar-refractivity contribution in [1.29, 1.82) is 0 Å². The first kappa shape index (κ1) is 11.8. The molecule has 0 bridgehead atoms. The third-order valence-corrected chi connectivity index (χ3v) is 2.59. The molecule has 2 nitrogen and oxygen atoms in total. The predicted molar refractivity (Wildman–Crippen MR) is 61.3 cm³/mol. The van der Waals surface area contributed by atoms with Crippen molar-refractivity contribution < 1.29 is 9.90 Å². The normalized spacial score (nSPS) is 10.2. The first-order valence-corrected chi connectivity index (χ1v) is 5.55. The summed E-state index contributed by atoms with van der Waals surface area (Å²) in [4.78, 5) is 10.8. The zero-order valence-electron chi connectivity index (χ0n) is 9.20. The van der Waals surface area contributed by atoms with Crippen LogP contribution in [0.2, 0.25) is 0 Å². The van der Waals surface area contributed by atoms with Gasteiger partial charge >= 0.3 is 0 Å². The molecule has 2 heteroatoms. The molecular formula is C13H18O2. The number of hydrogen-bond acceptors (Lipinski definition) is 2. The van der Waals surface area contributed by atoms with Crippen LogP contribution in [-0.4, -0.2) is 11.4 Å². The number of aryl methyl sites for hydroxylation is 1. The van der Waals surface area contributed by atoms with Gasteiger partial charge in [-0.3, -0.25) is 4.79 Å². The van der Waals surface area contributed by atoms with Crippen LogP contribution in [0.3, 0.4) is 0 Å². The van der Waals surface area contributed by atoms with E-state index in [4.69, 9.17) is 0 Å². The van der Waals surface area contributed by atoms with E-state index in [1.807, 2.05) is 6.07 Å². The first-order valence-electron chi connectivity index (χ1n) is 5.55. The van der Waals surface area contributed by atoms with Gasteiger partial charge in [-0.2, -0.15) is 0 Å². The summed E-state index contributed by atoms with van der Waals surface area (Å²) in [5.74, 6) is 0.0954. The van der Waals surface area contributed by atoms with Crippen LogP contribution in [0, 0.1) is 0 Å². The molecule has 0 aromatic heterocycles. The first-order chi connectivity index (χ1) is 7.29. The summed E-state index contributed by atoms with van der Waals surface area (Å²) in [5, 5.41) is 9.46. The molecule has 0 radical (unpaired) electrons. The van der Waals surface area contributed by atoms with Crippen LogP contribution in [0.25, 0.3) is 0 Å². The summed E-state index contributed by atoms with van der Waals surface area (Å²) in [6.45, 7) is 2.17. The minimum Gasteiger partial charge on any atom is -0.507 e. The number of phenols is 1. The molecule has 1 rings (SSSR count). The monoisotopic (exact) mass is 206 g/mol. The van der Waals surface area contributed by atoms with Gasteiger partial charge in [0.2, 0.25) is 0 Å². The fourth-order valence-electron chi connectivity index (χ4n) is 1.70. The predicted octanol–water partition coefficient (Wildman–Crippen LogP) is 3.33. The van der Waals surface area contributed by atoms with E-state index in [0.717, 1.165) is 24.7 Å². The van der Waals surface area contributed by atoms with Crippen molar-refractivity contribution in [2.24, 2.45) is 0 Å². The van der Waals surface area contributed by atoms with Crippen molar-refractivity contribution in [2.45, 2.75) is 39.0 Å². The van der Waals surface area contributed by atoms with E-state index in [1.54, 1.807) is 12.1 Å². The number of hydrogen-bond donors (Lipinski definition) is 1. The Morgan fingerprint density at radius 3 is 2.73 bits per heavy atom. The zero-order valence-corrected chi connectivity index (χ0v) is 9.20. The number of rotatable bonds is 6. The average molecular weight is 206 g/mol. The van der Waals surface area contributed by atoms with Gasteiger partial charge in [-0.25, -0.2) is 0 Å². The Morgan fingerprint density at radius 1 is 1.27 bits per heavy atom. The Hall–Kier alpha value is -1.31. The molecule has 0 aliphatic rings. The van der Waals surface area contributed by atoms with E-state index in [1.165, 1.54) is 19.3 Å². The average Bonchev–Trinajstić information content (AvgIpc) is 2.24. The van der Waals surface area contributed by atoms with Crippen molar-refractivity contribution in [3.8, 4) is 5.75 Å². The maximum Gasteiger partial charge on any atom is 0.154 e. The maximum absolute atomic E-state index is 10.8. The molecule has 0 fully saturated rings. The second-order valence-electron chi connectivity index (χ2n) is 3.78. The van der Waals surface area contributed by atoms with E-state index in [9.17, 15) is 9.90 Å². The summed E-state index contributed by atoms with van der Waals surface area (Å²) in [5.41, 5.74) is 1.41. The van der Waals surface area contributed by atoms with Crippen molar-refractivity contribution >= 4 is 6.29 Å². The Kier molecular flexibility index (Phi) is 4.88. The molecule has 0 spiro atoms. The number of carbonyl (C=O) groups is 1. The summed E-state index contributed by atoms with van der Waals surface area (Å²) >= 11 is 0. The van der Waals surface area contributed by atoms with Gasteiger partial charge < -0.3 is 5.11 Å². The van der Waals surface area contributed by atoms with Crippen LogP contribution in [0.1, 0.15) is 48.5 Å². The number of carbonyl (C=O) groups excluding carboxylic acids is 1. The van der Waals surface area contributed by atoms with Gasteiger partial charge in [0, 0.05) is 0 Å². The maximum atomic E-state index is 10.8. The third kappa shape index (κ3) is 3.39. The molecule has 0 saturated heterocycles. The van der Waals surface area contributed by atoms with Gasteiger partial charge in [0.15, 0.2) is 6.29 Å². The fourth-order valence-corrected chi connectivity index (χ4v) is 1.70. The van der Waals surface area contributed by atoms with E-state index >= 15 is 0 Å². The Morgan fingerprint density at radius 2 is 2.07 bits per heavy atom. The minimum atomic E-state index is 0.0954. The van der Waals surface area contributed by atoms with Crippen molar-refractivity contribution in [3.63, 3.8) is 0 Å². The molecule has 1 aromatic carbocycles. The molecule has 0 aliphatic carbocycles. The van der Waals surface area contributed by atoms with E-state index < -0.39 is 0 Å². The number of unbranched alkanes of at least 4 members (excludes halogenated alkanes) is 3. The molecule has 0 heterocycles. The molecule has 0 amide bonds. The van der Waals surface area contributed by atoms with Gasteiger partial charge in [0.1, 0.15) is 5.75 Å². The number of aromatic hydroxyl groups is 1. The highest BCUT2D eigenvalue weighted by molar-refractivity contribution is 5.81. The smallest absolute Gasteiger partial charge is 0.154 e. The Bertz CT molecular complexity index is 318.